The van der Waals surface area contributed by atoms with Crippen molar-refractivity contribution in [2.24, 2.45) is 11.8 Å². The lowest BCUT2D eigenvalue weighted by Gasteiger charge is -2.38. The van der Waals surface area contributed by atoms with Crippen LogP contribution in [0.4, 0.5) is 0 Å². The van der Waals surface area contributed by atoms with Gasteiger partial charge in [0, 0.05) is 11.8 Å². The summed E-state index contributed by atoms with van der Waals surface area (Å²) in [5.74, 6) is 0.370. The number of allylic oxidation sites excluding steroid dienone is 4. The molecule has 4 atom stereocenters. The number of halogens is 1. The summed E-state index contributed by atoms with van der Waals surface area (Å²) in [6.45, 7) is 0. The number of benzene rings is 1. The van der Waals surface area contributed by atoms with E-state index < -0.39 is 0 Å². The molecule has 1 aromatic rings. The molecule has 0 fully saturated rings. The van der Waals surface area contributed by atoms with Crippen LogP contribution in [-0.4, -0.2) is 6.29 Å². The molecule has 0 N–H and O–H groups in total. The van der Waals surface area contributed by atoms with Gasteiger partial charge in [-0.1, -0.05) is 48.6 Å². The zero-order valence-electron chi connectivity index (χ0n) is 9.29. The second kappa shape index (κ2) is 4.15. The Hall–Kier alpha value is -1.34. The number of aldehydes is 1. The van der Waals surface area contributed by atoms with Crippen molar-refractivity contribution in [3.63, 3.8) is 0 Å². The highest BCUT2D eigenvalue weighted by molar-refractivity contribution is 6.21. The number of hydrogen-bond acceptors (Lipinski definition) is 1. The summed E-state index contributed by atoms with van der Waals surface area (Å²) >= 11 is 6.54. The van der Waals surface area contributed by atoms with Crippen molar-refractivity contribution in [1.29, 1.82) is 0 Å². The van der Waals surface area contributed by atoms with E-state index in [1.54, 1.807) is 0 Å². The molecule has 0 bridgehead atoms. The number of carbonyl (C=O) groups excluding carboxylic acids is 1. The fraction of sp³-hybridized carbons (Fsp3) is 0.267. The van der Waals surface area contributed by atoms with Gasteiger partial charge in [-0.3, -0.25) is 0 Å². The van der Waals surface area contributed by atoms with Gasteiger partial charge in [-0.25, -0.2) is 0 Å². The smallest absolute Gasteiger partial charge is 0.128 e. The van der Waals surface area contributed by atoms with Crippen LogP contribution in [0.25, 0.3) is 0 Å². The molecule has 1 aromatic carbocycles. The monoisotopic (exact) mass is 244 g/mol. The molecule has 2 heteroatoms. The maximum atomic E-state index is 11.4. The van der Waals surface area contributed by atoms with Crippen molar-refractivity contribution in [1.82, 2.24) is 0 Å². The Morgan fingerprint density at radius 2 is 1.65 bits per heavy atom. The molecule has 0 heterocycles. The predicted molar refractivity (Wildman–Crippen MR) is 69.1 cm³/mol. The van der Waals surface area contributed by atoms with Crippen molar-refractivity contribution in [3.05, 3.63) is 59.7 Å². The Bertz CT molecular complexity index is 503. The minimum atomic E-state index is -0.0626. The molecule has 0 radical (unpaired) electrons. The van der Waals surface area contributed by atoms with Gasteiger partial charge >= 0.3 is 0 Å². The molecule has 1 nitrogen and oxygen atoms in total. The predicted octanol–water partition coefficient (Wildman–Crippen LogP) is 3.62. The van der Waals surface area contributed by atoms with Crippen LogP contribution in [0.15, 0.2) is 48.6 Å². The van der Waals surface area contributed by atoms with Gasteiger partial charge < -0.3 is 4.79 Å². The maximum Gasteiger partial charge on any atom is 0.128 e. The fourth-order valence-electron chi connectivity index (χ4n) is 2.94. The summed E-state index contributed by atoms with van der Waals surface area (Å²) in [5.41, 5.74) is 2.19. The molecule has 2 aliphatic carbocycles. The van der Waals surface area contributed by atoms with Gasteiger partial charge in [0.15, 0.2) is 0 Å². The molecular formula is C15H13ClO. The van der Waals surface area contributed by atoms with Crippen LogP contribution in [0.2, 0.25) is 0 Å². The highest BCUT2D eigenvalue weighted by Crippen LogP contribution is 2.49. The molecule has 0 saturated carbocycles. The van der Waals surface area contributed by atoms with E-state index in [0.29, 0.717) is 0 Å². The Kier molecular flexibility index (Phi) is 2.64. The van der Waals surface area contributed by atoms with Crippen molar-refractivity contribution in [2.45, 2.75) is 11.3 Å². The standard InChI is InChI=1S/C15H13ClO/c16-15-12-7-3-1-5-10(12)14(9-17)11-6-2-4-8-13(11)15/h1-10,12,14-15H/t10-,12+,14+,15+/m0/s1. The zero-order valence-corrected chi connectivity index (χ0v) is 10.0. The van der Waals surface area contributed by atoms with E-state index in [4.69, 9.17) is 11.6 Å². The number of fused-ring (bicyclic) bond motifs is 2. The highest BCUT2D eigenvalue weighted by Gasteiger charge is 2.39. The second-order valence-electron chi connectivity index (χ2n) is 4.62. The summed E-state index contributed by atoms with van der Waals surface area (Å²) in [5, 5.41) is -0.0337. The minimum Gasteiger partial charge on any atom is -0.303 e. The van der Waals surface area contributed by atoms with E-state index in [-0.39, 0.29) is 23.1 Å². The SMILES string of the molecule is O=C[C@H]1c2ccccc2[C@H](Cl)[C@@H]2C=CC=C[C@@H]21. The third kappa shape index (κ3) is 1.57. The van der Waals surface area contributed by atoms with Crippen LogP contribution in [-0.2, 0) is 4.79 Å². The van der Waals surface area contributed by atoms with E-state index >= 15 is 0 Å². The lowest BCUT2D eigenvalue weighted by Crippen LogP contribution is -2.30. The molecule has 0 aliphatic heterocycles. The van der Waals surface area contributed by atoms with Gasteiger partial charge in [0.1, 0.15) is 6.29 Å². The molecule has 0 saturated heterocycles. The minimum absolute atomic E-state index is 0.0337. The first-order valence-corrected chi connectivity index (χ1v) is 6.30. The number of rotatable bonds is 1. The average Bonchev–Trinajstić information content (AvgIpc) is 2.40. The van der Waals surface area contributed by atoms with Crippen molar-refractivity contribution >= 4 is 17.9 Å². The number of hydrogen-bond donors (Lipinski definition) is 0. The molecule has 17 heavy (non-hydrogen) atoms. The van der Waals surface area contributed by atoms with Gasteiger partial charge in [0.05, 0.1) is 5.38 Å². The number of carbonyl (C=O) groups is 1. The molecule has 0 aromatic heterocycles. The molecule has 0 unspecified atom stereocenters. The molecule has 3 rings (SSSR count). The fourth-order valence-corrected chi connectivity index (χ4v) is 3.39. The van der Waals surface area contributed by atoms with Gasteiger partial charge in [-0.05, 0) is 17.0 Å². The van der Waals surface area contributed by atoms with Crippen LogP contribution in [0.5, 0.6) is 0 Å². The molecule has 2 aliphatic rings. The summed E-state index contributed by atoms with van der Waals surface area (Å²) < 4.78 is 0. The maximum absolute atomic E-state index is 11.4. The molecule has 0 amide bonds. The van der Waals surface area contributed by atoms with Crippen LogP contribution in [0, 0.1) is 11.8 Å². The Labute approximate surface area is 106 Å². The second-order valence-corrected chi connectivity index (χ2v) is 5.09. The Morgan fingerprint density at radius 3 is 2.35 bits per heavy atom. The summed E-state index contributed by atoms with van der Waals surface area (Å²) in [4.78, 5) is 11.4. The first-order chi connectivity index (χ1) is 8.33. The summed E-state index contributed by atoms with van der Waals surface area (Å²) in [7, 11) is 0. The normalized spacial score (nSPS) is 33.9. The third-order valence-corrected chi connectivity index (χ3v) is 4.30. The molecule has 86 valence electrons. The van der Waals surface area contributed by atoms with Gasteiger partial charge in [-0.2, -0.15) is 0 Å². The summed E-state index contributed by atoms with van der Waals surface area (Å²) in [6, 6.07) is 8.01. The van der Waals surface area contributed by atoms with Crippen molar-refractivity contribution in [3.8, 4) is 0 Å². The quantitative estimate of drug-likeness (QED) is 0.545. The van der Waals surface area contributed by atoms with Crippen LogP contribution < -0.4 is 0 Å². The first kappa shape index (κ1) is 10.8. The third-order valence-electron chi connectivity index (χ3n) is 3.77. The zero-order chi connectivity index (χ0) is 11.8. The Morgan fingerprint density at radius 1 is 1.00 bits per heavy atom. The van der Waals surface area contributed by atoms with Gasteiger partial charge in [-0.15, -0.1) is 11.6 Å². The van der Waals surface area contributed by atoms with E-state index in [2.05, 4.69) is 12.2 Å². The largest absolute Gasteiger partial charge is 0.303 e. The van der Waals surface area contributed by atoms with Crippen LogP contribution >= 0.6 is 11.6 Å². The van der Waals surface area contributed by atoms with Crippen molar-refractivity contribution in [2.75, 3.05) is 0 Å². The molecule has 0 spiro atoms. The lowest BCUT2D eigenvalue weighted by molar-refractivity contribution is -0.110. The van der Waals surface area contributed by atoms with E-state index in [1.165, 1.54) is 0 Å². The first-order valence-electron chi connectivity index (χ1n) is 5.86. The van der Waals surface area contributed by atoms with E-state index in [0.717, 1.165) is 17.4 Å². The van der Waals surface area contributed by atoms with Crippen LogP contribution in [0.3, 0.4) is 0 Å². The van der Waals surface area contributed by atoms with E-state index in [1.807, 2.05) is 36.4 Å². The summed E-state index contributed by atoms with van der Waals surface area (Å²) in [6.07, 6.45) is 9.31. The van der Waals surface area contributed by atoms with E-state index in [9.17, 15) is 4.79 Å². The Balaban J connectivity index is 2.16. The van der Waals surface area contributed by atoms with Gasteiger partial charge in [0.2, 0.25) is 0 Å². The highest BCUT2D eigenvalue weighted by atomic mass is 35.5. The lowest BCUT2D eigenvalue weighted by atomic mass is 9.68. The van der Waals surface area contributed by atoms with Gasteiger partial charge in [0.25, 0.3) is 0 Å². The van der Waals surface area contributed by atoms with Crippen LogP contribution in [0.1, 0.15) is 22.4 Å². The number of alkyl halides is 1. The topological polar surface area (TPSA) is 17.1 Å². The van der Waals surface area contributed by atoms with Crippen molar-refractivity contribution < 1.29 is 4.79 Å². The molecular weight excluding hydrogens is 232 g/mol. The average molecular weight is 245 g/mol.